The molecule has 16 heavy (non-hydrogen) atoms. The molecule has 0 fully saturated rings. The van der Waals surface area contributed by atoms with Gasteiger partial charge in [0.25, 0.3) is 0 Å². The molecule has 1 rings (SSSR count). The van der Waals surface area contributed by atoms with Crippen LogP contribution >= 0.6 is 11.6 Å². The smallest absolute Gasteiger partial charge is 0.0736 e. The van der Waals surface area contributed by atoms with Crippen molar-refractivity contribution >= 4 is 11.6 Å². The van der Waals surface area contributed by atoms with E-state index < -0.39 is 0 Å². The molecule has 0 bridgehead atoms. The van der Waals surface area contributed by atoms with Crippen LogP contribution in [0, 0.1) is 27.7 Å². The maximum atomic E-state index is 5.79. The highest BCUT2D eigenvalue weighted by atomic mass is 35.5. The minimum Gasteiger partial charge on any atom is -0.293 e. The van der Waals surface area contributed by atoms with Crippen molar-refractivity contribution in [1.29, 1.82) is 0 Å². The fourth-order valence-corrected chi connectivity index (χ4v) is 2.16. The Morgan fingerprint density at radius 1 is 1.06 bits per heavy atom. The highest BCUT2D eigenvalue weighted by Gasteiger charge is 2.08. The Bertz CT molecular complexity index is 345. The quantitative estimate of drug-likeness (QED) is 0.573. The summed E-state index contributed by atoms with van der Waals surface area (Å²) in [6, 6.07) is 2.88. The topological polar surface area (TPSA) is 3.24 Å². The standard InChI is InChI=1S/C14H22ClN/c1-10-8-11(2)13(4)14(12(10)3)6-7-16(5)9-15/h8H,6-7,9H2,1-5H3. The van der Waals surface area contributed by atoms with Gasteiger partial charge in [-0.25, -0.2) is 0 Å². The summed E-state index contributed by atoms with van der Waals surface area (Å²) in [6.07, 6.45) is 1.09. The van der Waals surface area contributed by atoms with Gasteiger partial charge in [0, 0.05) is 6.54 Å². The van der Waals surface area contributed by atoms with Crippen LogP contribution < -0.4 is 0 Å². The van der Waals surface area contributed by atoms with Crippen molar-refractivity contribution < 1.29 is 0 Å². The van der Waals surface area contributed by atoms with Gasteiger partial charge in [0.05, 0.1) is 6.00 Å². The fraction of sp³-hybridized carbons (Fsp3) is 0.571. The summed E-state index contributed by atoms with van der Waals surface area (Å²) in [5.74, 6) is 0. The summed E-state index contributed by atoms with van der Waals surface area (Å²) in [7, 11) is 2.06. The fourth-order valence-electron chi connectivity index (χ4n) is 2.04. The van der Waals surface area contributed by atoms with E-state index in [0.717, 1.165) is 13.0 Å². The van der Waals surface area contributed by atoms with Crippen molar-refractivity contribution in [2.75, 3.05) is 19.6 Å². The molecule has 0 aliphatic heterocycles. The molecule has 90 valence electrons. The van der Waals surface area contributed by atoms with E-state index in [4.69, 9.17) is 11.6 Å². The normalized spacial score (nSPS) is 11.2. The van der Waals surface area contributed by atoms with Crippen LogP contribution in [0.3, 0.4) is 0 Å². The number of nitrogens with zero attached hydrogens (tertiary/aromatic N) is 1. The van der Waals surface area contributed by atoms with Crippen LogP contribution in [0.1, 0.15) is 27.8 Å². The lowest BCUT2D eigenvalue weighted by Gasteiger charge is -2.18. The second kappa shape index (κ2) is 5.70. The second-order valence-corrected chi connectivity index (χ2v) is 4.93. The largest absolute Gasteiger partial charge is 0.293 e. The highest BCUT2D eigenvalue weighted by Crippen LogP contribution is 2.22. The minimum atomic E-state index is 0.600. The van der Waals surface area contributed by atoms with Gasteiger partial charge in [-0.3, -0.25) is 4.90 Å². The molecule has 0 radical (unpaired) electrons. The summed E-state index contributed by atoms with van der Waals surface area (Å²) >= 11 is 5.79. The van der Waals surface area contributed by atoms with Crippen LogP contribution in [0.4, 0.5) is 0 Å². The lowest BCUT2D eigenvalue weighted by atomic mass is 9.92. The Hall–Kier alpha value is -0.530. The summed E-state index contributed by atoms with van der Waals surface area (Å²) in [5.41, 5.74) is 7.16. The molecule has 1 aromatic carbocycles. The summed E-state index contributed by atoms with van der Waals surface area (Å²) in [5, 5.41) is 0. The summed E-state index contributed by atoms with van der Waals surface area (Å²) in [4.78, 5) is 2.14. The lowest BCUT2D eigenvalue weighted by molar-refractivity contribution is 0.393. The number of hydrogen-bond acceptors (Lipinski definition) is 1. The average Bonchev–Trinajstić information content (AvgIpc) is 2.26. The molecular weight excluding hydrogens is 218 g/mol. The maximum absolute atomic E-state index is 5.79. The Balaban J connectivity index is 2.94. The number of likely N-dealkylation sites (N-methyl/N-ethyl adjacent to an activating group) is 1. The first-order valence-electron chi connectivity index (χ1n) is 5.78. The van der Waals surface area contributed by atoms with E-state index in [-0.39, 0.29) is 0 Å². The minimum absolute atomic E-state index is 0.600. The molecule has 1 nitrogen and oxygen atoms in total. The van der Waals surface area contributed by atoms with Crippen molar-refractivity contribution in [3.8, 4) is 0 Å². The molecule has 2 heteroatoms. The van der Waals surface area contributed by atoms with Crippen molar-refractivity contribution in [3.05, 3.63) is 33.9 Å². The number of benzene rings is 1. The molecule has 0 spiro atoms. The first-order valence-corrected chi connectivity index (χ1v) is 6.31. The van der Waals surface area contributed by atoms with Crippen LogP contribution in [0.15, 0.2) is 6.07 Å². The third-order valence-electron chi connectivity index (χ3n) is 3.47. The van der Waals surface area contributed by atoms with E-state index in [1.807, 2.05) is 0 Å². The van der Waals surface area contributed by atoms with E-state index in [2.05, 4.69) is 45.7 Å². The zero-order valence-corrected chi connectivity index (χ0v) is 11.8. The van der Waals surface area contributed by atoms with Crippen LogP contribution in [-0.2, 0) is 6.42 Å². The monoisotopic (exact) mass is 239 g/mol. The Morgan fingerprint density at radius 3 is 2.00 bits per heavy atom. The predicted octanol–water partition coefficient (Wildman–Crippen LogP) is 3.59. The van der Waals surface area contributed by atoms with E-state index in [9.17, 15) is 0 Å². The molecule has 0 atom stereocenters. The van der Waals surface area contributed by atoms with Gasteiger partial charge in [-0.15, -0.1) is 11.6 Å². The SMILES string of the molecule is Cc1cc(C)c(C)c(CCN(C)CCl)c1C. The summed E-state index contributed by atoms with van der Waals surface area (Å²) in [6.45, 7) is 9.84. The first-order chi connectivity index (χ1) is 7.47. The predicted molar refractivity (Wildman–Crippen MR) is 72.4 cm³/mol. The zero-order chi connectivity index (χ0) is 12.3. The molecule has 0 amide bonds. The maximum Gasteiger partial charge on any atom is 0.0736 e. The van der Waals surface area contributed by atoms with Crippen LogP contribution in [0.25, 0.3) is 0 Å². The lowest BCUT2D eigenvalue weighted by Crippen LogP contribution is -2.20. The molecule has 0 N–H and O–H groups in total. The van der Waals surface area contributed by atoms with Crippen molar-refractivity contribution in [2.45, 2.75) is 34.1 Å². The van der Waals surface area contributed by atoms with E-state index in [1.165, 1.54) is 27.8 Å². The van der Waals surface area contributed by atoms with Crippen LogP contribution in [0.2, 0.25) is 0 Å². The Morgan fingerprint density at radius 2 is 1.56 bits per heavy atom. The second-order valence-electron chi connectivity index (χ2n) is 4.69. The van der Waals surface area contributed by atoms with Crippen molar-refractivity contribution in [1.82, 2.24) is 4.90 Å². The molecular formula is C14H22ClN. The van der Waals surface area contributed by atoms with Crippen LogP contribution in [0.5, 0.6) is 0 Å². The van der Waals surface area contributed by atoms with Gasteiger partial charge in [-0.1, -0.05) is 6.07 Å². The van der Waals surface area contributed by atoms with Gasteiger partial charge < -0.3 is 0 Å². The van der Waals surface area contributed by atoms with Gasteiger partial charge in [-0.05, 0) is 69.0 Å². The third-order valence-corrected chi connectivity index (χ3v) is 3.88. The molecule has 0 unspecified atom stereocenters. The molecule has 1 aromatic rings. The van der Waals surface area contributed by atoms with E-state index in [0.29, 0.717) is 6.00 Å². The van der Waals surface area contributed by atoms with Gasteiger partial charge in [0.1, 0.15) is 0 Å². The molecule has 0 saturated carbocycles. The number of rotatable bonds is 4. The highest BCUT2D eigenvalue weighted by molar-refractivity contribution is 6.17. The summed E-state index contributed by atoms with van der Waals surface area (Å²) < 4.78 is 0. The molecule has 0 aliphatic carbocycles. The van der Waals surface area contributed by atoms with Crippen LogP contribution in [-0.4, -0.2) is 24.5 Å². The van der Waals surface area contributed by atoms with Crippen molar-refractivity contribution in [2.24, 2.45) is 0 Å². The molecule has 0 heterocycles. The van der Waals surface area contributed by atoms with E-state index in [1.54, 1.807) is 0 Å². The van der Waals surface area contributed by atoms with Crippen molar-refractivity contribution in [3.63, 3.8) is 0 Å². The zero-order valence-electron chi connectivity index (χ0n) is 11.0. The third kappa shape index (κ3) is 2.99. The van der Waals surface area contributed by atoms with Gasteiger partial charge in [-0.2, -0.15) is 0 Å². The Kier molecular flexibility index (Phi) is 4.82. The molecule has 0 aromatic heterocycles. The number of aryl methyl sites for hydroxylation is 2. The van der Waals surface area contributed by atoms with E-state index >= 15 is 0 Å². The van der Waals surface area contributed by atoms with Gasteiger partial charge in [0.15, 0.2) is 0 Å². The van der Waals surface area contributed by atoms with Gasteiger partial charge >= 0.3 is 0 Å². The number of alkyl halides is 1. The molecule has 0 saturated heterocycles. The number of hydrogen-bond donors (Lipinski definition) is 0. The average molecular weight is 240 g/mol. The molecule has 0 aliphatic rings. The first kappa shape index (κ1) is 13.5. The number of halogens is 1. The van der Waals surface area contributed by atoms with Gasteiger partial charge in [0.2, 0.25) is 0 Å². The Labute approximate surface area is 104 Å².